The van der Waals surface area contributed by atoms with Crippen LogP contribution in [0.2, 0.25) is 0 Å². The van der Waals surface area contributed by atoms with Crippen molar-refractivity contribution in [3.05, 3.63) is 35.9 Å². The number of nitrogens with zero attached hydrogens (tertiary/aromatic N) is 1. The Hall–Kier alpha value is -2.08. The molecule has 0 saturated carbocycles. The molecule has 3 N–H and O–H groups in total. The first kappa shape index (κ1) is 20.2. The number of hydrogen-bond acceptors (Lipinski definition) is 3. The summed E-state index contributed by atoms with van der Waals surface area (Å²) in [6.45, 7) is 7.81. The SMILES string of the molecule is CC(C)N1CCCC(CNC(=O)NCC(=O)NCCc2ccccc2)C1. The van der Waals surface area contributed by atoms with E-state index in [1.54, 1.807) is 0 Å². The molecular weight excluding hydrogens is 328 g/mol. The molecular formula is C20H32N4O2. The molecule has 1 saturated heterocycles. The number of urea groups is 1. The summed E-state index contributed by atoms with van der Waals surface area (Å²) >= 11 is 0. The number of piperidine rings is 1. The van der Waals surface area contributed by atoms with Gasteiger partial charge < -0.3 is 20.9 Å². The normalized spacial score (nSPS) is 17.7. The van der Waals surface area contributed by atoms with Crippen LogP contribution >= 0.6 is 0 Å². The summed E-state index contributed by atoms with van der Waals surface area (Å²) in [5.74, 6) is 0.316. The molecule has 1 aromatic rings. The molecule has 144 valence electrons. The molecule has 1 fully saturated rings. The minimum Gasteiger partial charge on any atom is -0.354 e. The Bertz CT molecular complexity index is 562. The topological polar surface area (TPSA) is 73.5 Å². The lowest BCUT2D eigenvalue weighted by Crippen LogP contribution is -2.47. The van der Waals surface area contributed by atoms with E-state index in [2.05, 4.69) is 34.7 Å². The summed E-state index contributed by atoms with van der Waals surface area (Å²) < 4.78 is 0. The van der Waals surface area contributed by atoms with E-state index in [1.165, 1.54) is 12.0 Å². The zero-order chi connectivity index (χ0) is 18.8. The van der Waals surface area contributed by atoms with Crippen molar-refractivity contribution >= 4 is 11.9 Å². The van der Waals surface area contributed by atoms with Crippen molar-refractivity contribution in [2.24, 2.45) is 5.92 Å². The van der Waals surface area contributed by atoms with Crippen LogP contribution in [0.25, 0.3) is 0 Å². The summed E-state index contributed by atoms with van der Waals surface area (Å²) in [6.07, 6.45) is 3.10. The molecule has 0 radical (unpaired) electrons. The van der Waals surface area contributed by atoms with Crippen LogP contribution in [0.15, 0.2) is 30.3 Å². The lowest BCUT2D eigenvalue weighted by molar-refractivity contribution is -0.120. The molecule has 0 aliphatic carbocycles. The fraction of sp³-hybridized carbons (Fsp3) is 0.600. The third kappa shape index (κ3) is 7.44. The first-order valence-corrected chi connectivity index (χ1v) is 9.61. The van der Waals surface area contributed by atoms with Crippen molar-refractivity contribution in [1.82, 2.24) is 20.9 Å². The predicted molar refractivity (Wildman–Crippen MR) is 104 cm³/mol. The molecule has 1 aliphatic heterocycles. The van der Waals surface area contributed by atoms with Crippen LogP contribution in [0.3, 0.4) is 0 Å². The second-order valence-corrected chi connectivity index (χ2v) is 7.25. The number of hydrogen-bond donors (Lipinski definition) is 3. The third-order valence-electron chi connectivity index (χ3n) is 4.82. The van der Waals surface area contributed by atoms with Crippen LogP contribution in [0.1, 0.15) is 32.3 Å². The summed E-state index contributed by atoms with van der Waals surface area (Å²) in [7, 11) is 0. The van der Waals surface area contributed by atoms with Gasteiger partial charge in [-0.25, -0.2) is 4.79 Å². The Balaban J connectivity index is 1.56. The van der Waals surface area contributed by atoms with Crippen LogP contribution in [0.5, 0.6) is 0 Å². The Morgan fingerprint density at radius 1 is 1.15 bits per heavy atom. The van der Waals surface area contributed by atoms with Crippen molar-refractivity contribution in [3.63, 3.8) is 0 Å². The minimum atomic E-state index is -0.273. The van der Waals surface area contributed by atoms with Crippen molar-refractivity contribution in [1.29, 1.82) is 0 Å². The largest absolute Gasteiger partial charge is 0.354 e. The van der Waals surface area contributed by atoms with Crippen molar-refractivity contribution in [2.45, 2.75) is 39.2 Å². The number of carbonyl (C=O) groups excluding carboxylic acids is 2. The number of benzene rings is 1. The number of amides is 3. The van der Waals surface area contributed by atoms with E-state index in [4.69, 9.17) is 0 Å². The zero-order valence-corrected chi connectivity index (χ0v) is 16.0. The lowest BCUT2D eigenvalue weighted by Gasteiger charge is -2.35. The van der Waals surface area contributed by atoms with Crippen LogP contribution in [0, 0.1) is 5.92 Å². The van der Waals surface area contributed by atoms with Gasteiger partial charge in [0.25, 0.3) is 0 Å². The van der Waals surface area contributed by atoms with Gasteiger partial charge in [-0.15, -0.1) is 0 Å². The van der Waals surface area contributed by atoms with E-state index in [1.807, 2.05) is 30.3 Å². The van der Waals surface area contributed by atoms with Gasteiger partial charge in [-0.1, -0.05) is 30.3 Å². The van der Waals surface area contributed by atoms with Gasteiger partial charge in [0.2, 0.25) is 5.91 Å². The average Bonchev–Trinajstić information content (AvgIpc) is 2.66. The maximum atomic E-state index is 11.9. The molecule has 1 heterocycles. The number of likely N-dealkylation sites (tertiary alicyclic amines) is 1. The number of carbonyl (C=O) groups is 2. The monoisotopic (exact) mass is 360 g/mol. The molecule has 26 heavy (non-hydrogen) atoms. The Labute approximate surface area is 156 Å². The predicted octanol–water partition coefficient (Wildman–Crippen LogP) is 1.76. The van der Waals surface area contributed by atoms with Crippen LogP contribution in [0.4, 0.5) is 4.79 Å². The lowest BCUT2D eigenvalue weighted by atomic mass is 9.97. The fourth-order valence-electron chi connectivity index (χ4n) is 3.25. The molecule has 1 unspecified atom stereocenters. The van der Waals surface area contributed by atoms with E-state index < -0.39 is 0 Å². The Morgan fingerprint density at radius 2 is 1.92 bits per heavy atom. The fourth-order valence-corrected chi connectivity index (χ4v) is 3.25. The molecule has 1 atom stereocenters. The smallest absolute Gasteiger partial charge is 0.315 e. The van der Waals surface area contributed by atoms with E-state index in [0.717, 1.165) is 25.9 Å². The van der Waals surface area contributed by atoms with Crippen LogP contribution in [-0.4, -0.2) is 55.6 Å². The molecule has 0 aromatic heterocycles. The first-order valence-electron chi connectivity index (χ1n) is 9.61. The zero-order valence-electron chi connectivity index (χ0n) is 16.0. The summed E-state index contributed by atoms with van der Waals surface area (Å²) in [6, 6.07) is 10.3. The maximum Gasteiger partial charge on any atom is 0.315 e. The highest BCUT2D eigenvalue weighted by Crippen LogP contribution is 2.17. The van der Waals surface area contributed by atoms with Crippen molar-refractivity contribution in [2.75, 3.05) is 32.7 Å². The highest BCUT2D eigenvalue weighted by Gasteiger charge is 2.21. The van der Waals surface area contributed by atoms with Gasteiger partial charge in [0.15, 0.2) is 0 Å². The van der Waals surface area contributed by atoms with E-state index in [9.17, 15) is 9.59 Å². The van der Waals surface area contributed by atoms with Gasteiger partial charge in [-0.3, -0.25) is 4.79 Å². The van der Waals surface area contributed by atoms with E-state index in [-0.39, 0.29) is 18.5 Å². The molecule has 0 bridgehead atoms. The second-order valence-electron chi connectivity index (χ2n) is 7.25. The van der Waals surface area contributed by atoms with E-state index in [0.29, 0.717) is 25.0 Å². The van der Waals surface area contributed by atoms with Gasteiger partial charge >= 0.3 is 6.03 Å². The summed E-state index contributed by atoms with van der Waals surface area (Å²) in [4.78, 5) is 26.1. The summed E-state index contributed by atoms with van der Waals surface area (Å²) in [5, 5.41) is 8.34. The number of rotatable bonds is 8. The molecule has 1 aliphatic rings. The Kier molecular flexibility index (Phi) is 8.41. The molecule has 6 nitrogen and oxygen atoms in total. The second kappa shape index (κ2) is 10.8. The summed E-state index contributed by atoms with van der Waals surface area (Å²) in [5.41, 5.74) is 1.18. The molecule has 0 spiro atoms. The molecule has 6 heteroatoms. The molecule has 1 aromatic carbocycles. The third-order valence-corrected chi connectivity index (χ3v) is 4.82. The maximum absolute atomic E-state index is 11.9. The van der Waals surface area contributed by atoms with Gasteiger partial charge in [0, 0.05) is 25.7 Å². The molecule has 3 amide bonds. The quantitative estimate of drug-likeness (QED) is 0.661. The highest BCUT2D eigenvalue weighted by molar-refractivity contribution is 5.83. The van der Waals surface area contributed by atoms with Crippen molar-refractivity contribution < 1.29 is 9.59 Å². The average molecular weight is 361 g/mol. The van der Waals surface area contributed by atoms with Gasteiger partial charge in [-0.05, 0) is 51.1 Å². The van der Waals surface area contributed by atoms with Crippen molar-refractivity contribution in [3.8, 4) is 0 Å². The molecule has 2 rings (SSSR count). The van der Waals surface area contributed by atoms with Gasteiger partial charge in [0.1, 0.15) is 0 Å². The van der Waals surface area contributed by atoms with Crippen LogP contribution < -0.4 is 16.0 Å². The standard InChI is InChI=1S/C20H32N4O2/c1-16(2)24-12-6-9-18(15-24)13-22-20(26)23-14-19(25)21-11-10-17-7-4-3-5-8-17/h3-5,7-8,16,18H,6,9-15H2,1-2H3,(H,21,25)(H2,22,23,26). The van der Waals surface area contributed by atoms with Gasteiger partial charge in [0.05, 0.1) is 6.54 Å². The number of nitrogens with one attached hydrogen (secondary N) is 3. The minimum absolute atomic E-state index is 0.00338. The highest BCUT2D eigenvalue weighted by atomic mass is 16.2. The van der Waals surface area contributed by atoms with Gasteiger partial charge in [-0.2, -0.15) is 0 Å². The Morgan fingerprint density at radius 3 is 2.65 bits per heavy atom. The van der Waals surface area contributed by atoms with E-state index >= 15 is 0 Å². The van der Waals surface area contributed by atoms with Crippen LogP contribution in [-0.2, 0) is 11.2 Å². The first-order chi connectivity index (χ1) is 12.5.